The Hall–Kier alpha value is -0.110. The molecule has 66 valence electrons. The summed E-state index contributed by atoms with van der Waals surface area (Å²) in [6.07, 6.45) is 1.11. The van der Waals surface area contributed by atoms with Gasteiger partial charge >= 0.3 is 0 Å². The van der Waals surface area contributed by atoms with Crippen molar-refractivity contribution in [2.24, 2.45) is 10.8 Å². The normalized spacial score (nSPS) is 28.6. The Morgan fingerprint density at radius 1 is 1.18 bits per heavy atom. The van der Waals surface area contributed by atoms with Gasteiger partial charge in [0, 0.05) is 7.05 Å². The molecule has 2 heteroatoms. The third kappa shape index (κ3) is 1.28. The van der Waals surface area contributed by atoms with Crippen molar-refractivity contribution in [3.63, 3.8) is 0 Å². The third-order valence-electron chi connectivity index (χ3n) is 2.75. The van der Waals surface area contributed by atoms with Crippen LogP contribution in [0, 0.1) is 10.8 Å². The van der Waals surface area contributed by atoms with Crippen molar-refractivity contribution in [1.82, 2.24) is 5.12 Å². The molecule has 0 N–H and O–H groups in total. The van der Waals surface area contributed by atoms with Crippen LogP contribution in [0.25, 0.3) is 0 Å². The molecule has 0 spiro atoms. The van der Waals surface area contributed by atoms with E-state index in [0.717, 1.165) is 11.5 Å². The number of hydrogen-bond acceptors (Lipinski definition) is 1. The second-order valence-corrected chi connectivity index (χ2v) is 5.08. The lowest BCUT2D eigenvalue weighted by Gasteiger charge is -2.58. The highest BCUT2D eigenvalue weighted by atomic mass is 19.2. The van der Waals surface area contributed by atoms with Crippen LogP contribution in [-0.4, -0.2) is 18.2 Å². The molecule has 0 radical (unpaired) electrons. The van der Waals surface area contributed by atoms with Gasteiger partial charge in [0.15, 0.2) is 0 Å². The summed E-state index contributed by atoms with van der Waals surface area (Å²) in [6.45, 7) is 8.50. The summed E-state index contributed by atoms with van der Waals surface area (Å²) in [5.74, 6) is 0. The molecular weight excluding hydrogens is 141 g/mol. The molecule has 0 aromatic carbocycles. The van der Waals surface area contributed by atoms with E-state index < -0.39 is 0 Å². The molecule has 1 nitrogen and oxygen atoms in total. The molecule has 0 amide bonds. The van der Waals surface area contributed by atoms with Crippen molar-refractivity contribution in [1.29, 1.82) is 0 Å². The van der Waals surface area contributed by atoms with E-state index in [2.05, 4.69) is 27.7 Å². The van der Waals surface area contributed by atoms with Crippen molar-refractivity contribution in [2.45, 2.75) is 40.2 Å². The zero-order chi connectivity index (χ0) is 8.86. The number of halogens is 1. The molecule has 0 aromatic heterocycles. The van der Waals surface area contributed by atoms with E-state index in [1.165, 1.54) is 7.05 Å². The Morgan fingerprint density at radius 2 is 1.55 bits per heavy atom. The first-order valence-corrected chi connectivity index (χ1v) is 4.16. The van der Waals surface area contributed by atoms with Crippen LogP contribution in [0.2, 0.25) is 0 Å². The smallest absolute Gasteiger partial charge is 0.0501 e. The zero-order valence-corrected chi connectivity index (χ0v) is 8.11. The van der Waals surface area contributed by atoms with Gasteiger partial charge < -0.3 is 0 Å². The summed E-state index contributed by atoms with van der Waals surface area (Å²) >= 11 is 0. The average Bonchev–Trinajstić information content (AvgIpc) is 1.53. The van der Waals surface area contributed by atoms with Crippen LogP contribution >= 0.6 is 0 Å². The minimum absolute atomic E-state index is 0.0787. The molecule has 1 rings (SSSR count). The zero-order valence-electron chi connectivity index (χ0n) is 8.11. The van der Waals surface area contributed by atoms with E-state index in [-0.39, 0.29) is 16.9 Å². The van der Waals surface area contributed by atoms with Gasteiger partial charge in [0.05, 0.1) is 6.04 Å². The lowest BCUT2D eigenvalue weighted by molar-refractivity contribution is -0.175. The van der Waals surface area contributed by atoms with Crippen molar-refractivity contribution in [3.05, 3.63) is 0 Å². The lowest BCUT2D eigenvalue weighted by atomic mass is 9.52. The maximum absolute atomic E-state index is 13.0. The molecule has 11 heavy (non-hydrogen) atoms. The van der Waals surface area contributed by atoms with Crippen molar-refractivity contribution in [2.75, 3.05) is 7.05 Å². The Labute approximate surface area is 68.5 Å². The maximum Gasteiger partial charge on any atom is 0.0501 e. The van der Waals surface area contributed by atoms with E-state index in [4.69, 9.17) is 0 Å². The summed E-state index contributed by atoms with van der Waals surface area (Å²) in [6, 6.07) is 0.0787. The van der Waals surface area contributed by atoms with E-state index in [0.29, 0.717) is 0 Å². The van der Waals surface area contributed by atoms with Gasteiger partial charge in [0.25, 0.3) is 0 Å². The highest BCUT2D eigenvalue weighted by molar-refractivity contribution is 5.05. The summed E-state index contributed by atoms with van der Waals surface area (Å²) in [7, 11) is 1.52. The van der Waals surface area contributed by atoms with E-state index in [9.17, 15) is 4.48 Å². The Morgan fingerprint density at radius 3 is 1.64 bits per heavy atom. The first-order valence-electron chi connectivity index (χ1n) is 4.16. The predicted octanol–water partition coefficient (Wildman–Crippen LogP) is 2.63. The summed E-state index contributed by atoms with van der Waals surface area (Å²) < 4.78 is 13.0. The Kier molecular flexibility index (Phi) is 1.79. The van der Waals surface area contributed by atoms with Crippen molar-refractivity contribution in [3.8, 4) is 0 Å². The SMILES string of the molecule is CN(F)C1C(C)(C)CC1(C)C. The van der Waals surface area contributed by atoms with E-state index >= 15 is 0 Å². The summed E-state index contributed by atoms with van der Waals surface area (Å²) in [5, 5.41) is 0.865. The maximum atomic E-state index is 13.0. The number of hydrogen-bond donors (Lipinski definition) is 0. The van der Waals surface area contributed by atoms with Crippen LogP contribution in [-0.2, 0) is 0 Å². The topological polar surface area (TPSA) is 3.24 Å². The van der Waals surface area contributed by atoms with Crippen LogP contribution in [0.3, 0.4) is 0 Å². The fourth-order valence-corrected chi connectivity index (χ4v) is 3.26. The van der Waals surface area contributed by atoms with Crippen molar-refractivity contribution < 1.29 is 4.48 Å². The van der Waals surface area contributed by atoms with Crippen LogP contribution in [0.4, 0.5) is 4.48 Å². The second-order valence-electron chi connectivity index (χ2n) is 5.08. The second kappa shape index (κ2) is 2.19. The molecule has 1 aliphatic carbocycles. The quantitative estimate of drug-likeness (QED) is 0.532. The van der Waals surface area contributed by atoms with Crippen molar-refractivity contribution >= 4 is 0 Å². The molecule has 0 heterocycles. The van der Waals surface area contributed by atoms with Crippen LogP contribution in [0.15, 0.2) is 0 Å². The largest absolute Gasteiger partial charge is 0.145 e. The Bertz CT molecular complexity index is 147. The van der Waals surface area contributed by atoms with E-state index in [1.54, 1.807) is 0 Å². The van der Waals surface area contributed by atoms with Gasteiger partial charge in [-0.3, -0.25) is 0 Å². The fraction of sp³-hybridized carbons (Fsp3) is 1.00. The molecule has 1 saturated carbocycles. The highest BCUT2D eigenvalue weighted by Crippen LogP contribution is 2.55. The summed E-state index contributed by atoms with van der Waals surface area (Å²) in [5.41, 5.74) is 0.292. The standard InChI is InChI=1S/C9H18FN/c1-8(2)6-9(3,4)7(8)11(5)10/h7H,6H2,1-5H3. The molecule has 0 saturated heterocycles. The van der Waals surface area contributed by atoms with Gasteiger partial charge in [0.1, 0.15) is 0 Å². The van der Waals surface area contributed by atoms with Crippen LogP contribution < -0.4 is 0 Å². The summed E-state index contributed by atoms with van der Waals surface area (Å²) in [4.78, 5) is 0. The monoisotopic (exact) mass is 159 g/mol. The van der Waals surface area contributed by atoms with Gasteiger partial charge in [0.2, 0.25) is 0 Å². The molecule has 0 aliphatic heterocycles. The van der Waals surface area contributed by atoms with Crippen LogP contribution in [0.5, 0.6) is 0 Å². The van der Waals surface area contributed by atoms with Gasteiger partial charge in [-0.05, 0) is 17.3 Å². The molecule has 1 fully saturated rings. The first kappa shape index (κ1) is 8.98. The van der Waals surface area contributed by atoms with Gasteiger partial charge in [-0.1, -0.05) is 27.7 Å². The average molecular weight is 159 g/mol. The molecule has 0 atom stereocenters. The number of nitrogens with zero attached hydrogens (tertiary/aromatic N) is 1. The molecule has 0 bridgehead atoms. The Balaban J connectivity index is 2.73. The third-order valence-corrected chi connectivity index (χ3v) is 2.75. The molecule has 0 aromatic rings. The number of rotatable bonds is 1. The highest BCUT2D eigenvalue weighted by Gasteiger charge is 2.55. The minimum Gasteiger partial charge on any atom is -0.145 e. The lowest BCUT2D eigenvalue weighted by Crippen LogP contribution is -2.60. The minimum atomic E-state index is 0.0787. The van der Waals surface area contributed by atoms with Gasteiger partial charge in [-0.25, -0.2) is 0 Å². The molecule has 0 unspecified atom stereocenters. The van der Waals surface area contributed by atoms with Crippen LogP contribution in [0.1, 0.15) is 34.1 Å². The van der Waals surface area contributed by atoms with E-state index in [1.807, 2.05) is 0 Å². The fourth-order valence-electron chi connectivity index (χ4n) is 3.26. The predicted molar refractivity (Wildman–Crippen MR) is 44.8 cm³/mol. The first-order chi connectivity index (χ1) is 4.77. The molecule has 1 aliphatic rings. The van der Waals surface area contributed by atoms with Gasteiger partial charge in [-0.2, -0.15) is 0 Å². The molecular formula is C9H18FN. The van der Waals surface area contributed by atoms with Gasteiger partial charge in [-0.15, -0.1) is 9.60 Å².